The van der Waals surface area contributed by atoms with Gasteiger partial charge in [-0.3, -0.25) is 9.59 Å². The number of aromatic nitrogens is 4. The number of carbonyl (C=O) groups excluding carboxylic acids is 4. The third-order valence-electron chi connectivity index (χ3n) is 12.4. The van der Waals surface area contributed by atoms with Crippen LogP contribution in [0, 0.1) is 0 Å². The molecular weight excluding hydrogens is 789 g/mol. The van der Waals surface area contributed by atoms with Crippen LogP contribution in [0.15, 0.2) is 103 Å². The Balaban J connectivity index is 0.926. The molecule has 0 spiro atoms. The molecule has 2 fully saturated rings. The molecule has 2 aromatic heterocycles. The van der Waals surface area contributed by atoms with Crippen molar-refractivity contribution in [2.24, 2.45) is 0 Å². The van der Waals surface area contributed by atoms with Gasteiger partial charge in [0.25, 0.3) is 11.8 Å². The normalized spacial score (nSPS) is 21.0. The molecule has 15 heteroatoms. The lowest BCUT2D eigenvalue weighted by molar-refractivity contribution is -0.143. The van der Waals surface area contributed by atoms with E-state index < -0.39 is 30.3 Å². The zero-order chi connectivity index (χ0) is 43.2. The second kappa shape index (κ2) is 18.5. The van der Waals surface area contributed by atoms with Crippen molar-refractivity contribution >= 4 is 29.6 Å². The molecule has 0 bridgehead atoms. The average molecular weight is 841 g/mol. The molecule has 3 aromatic carbocycles. The number of rotatable bonds is 11. The maximum absolute atomic E-state index is 14.0. The molecule has 0 saturated carbocycles. The molecule has 322 valence electrons. The summed E-state index contributed by atoms with van der Waals surface area (Å²) < 4.78 is 15.5. The summed E-state index contributed by atoms with van der Waals surface area (Å²) >= 11 is 0. The van der Waals surface area contributed by atoms with E-state index in [0.717, 1.165) is 54.9 Å². The fraction of sp³-hybridized carbons (Fsp3) is 0.362. The Morgan fingerprint density at radius 1 is 0.758 bits per heavy atom. The van der Waals surface area contributed by atoms with E-state index in [1.54, 1.807) is 23.2 Å². The van der Waals surface area contributed by atoms with E-state index in [4.69, 9.17) is 24.2 Å². The number of methoxy groups -OCH3 is 2. The molecule has 3 aliphatic rings. The van der Waals surface area contributed by atoms with Crippen LogP contribution in [0.25, 0.3) is 16.8 Å². The van der Waals surface area contributed by atoms with Gasteiger partial charge in [-0.25, -0.2) is 19.6 Å². The Bertz CT molecular complexity index is 2400. The Morgan fingerprint density at radius 2 is 1.32 bits per heavy atom. The molecule has 5 aromatic rings. The number of nitrogens with one attached hydrogen (secondary N) is 4. The number of alkyl carbamates (subject to hydrolysis) is 2. The summed E-state index contributed by atoms with van der Waals surface area (Å²) in [6.45, 7) is 3.82. The van der Waals surface area contributed by atoms with Crippen LogP contribution < -0.4 is 10.6 Å². The van der Waals surface area contributed by atoms with E-state index in [1.165, 1.54) is 25.4 Å². The Kier molecular flexibility index (Phi) is 12.5. The highest BCUT2D eigenvalue weighted by Gasteiger charge is 2.39. The number of nitrogens with zero attached hydrogens (tertiary/aromatic N) is 4. The van der Waals surface area contributed by atoms with Crippen molar-refractivity contribution in [2.45, 2.75) is 68.6 Å². The minimum Gasteiger partial charge on any atom is -0.453 e. The summed E-state index contributed by atoms with van der Waals surface area (Å²) in [5, 5.41) is 5.43. The fourth-order valence-electron chi connectivity index (χ4n) is 8.80. The summed E-state index contributed by atoms with van der Waals surface area (Å²) in [6.07, 6.45) is 8.82. The van der Waals surface area contributed by atoms with Gasteiger partial charge < -0.3 is 44.6 Å². The van der Waals surface area contributed by atoms with Gasteiger partial charge >= 0.3 is 12.2 Å². The van der Waals surface area contributed by atoms with Crippen molar-refractivity contribution in [2.75, 3.05) is 40.5 Å². The molecule has 62 heavy (non-hydrogen) atoms. The number of benzene rings is 3. The summed E-state index contributed by atoms with van der Waals surface area (Å²) in [7, 11) is 2.56. The number of amides is 4. The highest BCUT2D eigenvalue weighted by molar-refractivity contribution is 5.88. The highest BCUT2D eigenvalue weighted by Crippen LogP contribution is 2.42. The van der Waals surface area contributed by atoms with Crippen LogP contribution >= 0.6 is 0 Å². The van der Waals surface area contributed by atoms with Crippen molar-refractivity contribution < 1.29 is 33.4 Å². The predicted molar refractivity (Wildman–Crippen MR) is 230 cm³/mol. The largest absolute Gasteiger partial charge is 0.453 e. The van der Waals surface area contributed by atoms with Crippen molar-refractivity contribution in [3.63, 3.8) is 0 Å². The summed E-state index contributed by atoms with van der Waals surface area (Å²) in [6, 6.07) is 24.3. The minimum absolute atomic E-state index is 0.0778. The number of hydrogen-bond acceptors (Lipinski definition) is 9. The Hall–Kier alpha value is -6.74. The second-order valence-electron chi connectivity index (χ2n) is 16.2. The monoisotopic (exact) mass is 840 g/mol. The maximum atomic E-state index is 14.0. The standard InChI is InChI=1S/C47H52N8O7/c1-47(22-20-31(21-23-47)36-28-48-41(50-36)37-15-10-24-54(37)43(56)39(52-45(58)60-2)32-11-6-4-7-12-32)34-18-16-30(17-19-34)35-27-49-42(51-35)38-29-62-26-25-55(38)44(57)40(53-46(59)61-3)33-13-8-5-9-14-33/h4-9,11-14,16-20,27-28,37-40H,10,15,21-26,29H2,1-3H3,(H,48,50)(H,49,51)(H,52,58)(H,53,59)/t37-,38-,39+,40+,47?/m0/s1. The van der Waals surface area contributed by atoms with Gasteiger partial charge in [0.15, 0.2) is 0 Å². The average Bonchev–Trinajstić information content (AvgIpc) is 4.13. The van der Waals surface area contributed by atoms with Crippen LogP contribution in [-0.2, 0) is 29.2 Å². The van der Waals surface area contributed by atoms with Crippen LogP contribution in [0.3, 0.4) is 0 Å². The number of imidazole rings is 2. The molecule has 0 radical (unpaired) electrons. The van der Waals surface area contributed by atoms with Crippen LogP contribution in [0.5, 0.6) is 0 Å². The summed E-state index contributed by atoms with van der Waals surface area (Å²) in [4.78, 5) is 72.5. The zero-order valence-corrected chi connectivity index (χ0v) is 35.1. The number of likely N-dealkylation sites (tertiary alicyclic amines) is 1. The maximum Gasteiger partial charge on any atom is 0.407 e. The third-order valence-corrected chi connectivity index (χ3v) is 12.4. The van der Waals surface area contributed by atoms with Gasteiger partial charge in [0.05, 0.1) is 57.3 Å². The molecule has 4 N–H and O–H groups in total. The molecule has 4 heterocycles. The van der Waals surface area contributed by atoms with E-state index in [9.17, 15) is 19.2 Å². The lowest BCUT2D eigenvalue weighted by atomic mass is 9.71. The van der Waals surface area contributed by atoms with Gasteiger partial charge in [-0.1, -0.05) is 97.9 Å². The first-order chi connectivity index (χ1) is 30.2. The van der Waals surface area contributed by atoms with E-state index in [0.29, 0.717) is 36.6 Å². The van der Waals surface area contributed by atoms with Gasteiger partial charge in [0.1, 0.15) is 29.8 Å². The first-order valence-corrected chi connectivity index (χ1v) is 21.0. The first kappa shape index (κ1) is 42.0. The molecule has 1 unspecified atom stereocenters. The van der Waals surface area contributed by atoms with E-state index in [1.807, 2.05) is 59.6 Å². The molecule has 5 atom stereocenters. The number of hydrogen-bond donors (Lipinski definition) is 4. The van der Waals surface area contributed by atoms with Crippen LogP contribution in [0.4, 0.5) is 9.59 Å². The van der Waals surface area contributed by atoms with E-state index in [-0.39, 0.29) is 29.9 Å². The topological polar surface area (TPSA) is 184 Å². The van der Waals surface area contributed by atoms with Gasteiger partial charge in [-0.2, -0.15) is 0 Å². The first-order valence-electron chi connectivity index (χ1n) is 21.0. The number of aromatic amines is 2. The molecule has 4 amide bonds. The van der Waals surface area contributed by atoms with Crippen molar-refractivity contribution in [3.05, 3.63) is 137 Å². The number of carbonyl (C=O) groups is 4. The number of H-pyrrole nitrogens is 2. The molecular formula is C47H52N8O7. The summed E-state index contributed by atoms with van der Waals surface area (Å²) in [5.41, 5.74) is 6.43. The lowest BCUT2D eigenvalue weighted by Gasteiger charge is -2.36. The lowest BCUT2D eigenvalue weighted by Crippen LogP contribution is -2.49. The number of morpholine rings is 1. The van der Waals surface area contributed by atoms with Gasteiger partial charge in [0.2, 0.25) is 0 Å². The molecule has 2 aliphatic heterocycles. The Morgan fingerprint density at radius 3 is 1.90 bits per heavy atom. The summed E-state index contributed by atoms with van der Waals surface area (Å²) in [5.74, 6) is 0.860. The number of allylic oxidation sites excluding steroid dienone is 2. The SMILES string of the molecule is COC(=O)N[C@@H](C(=O)N1CCC[C@H]1c1ncc(C2=CCC(C)(c3ccc(-c4cnc([C@@H]5COCCN5C(=O)[C@H](NC(=O)OC)c5ccccc5)[nH]4)cc3)CC2)[nH]1)c1ccccc1. The molecule has 15 nitrogen and oxygen atoms in total. The third kappa shape index (κ3) is 8.84. The van der Waals surface area contributed by atoms with Crippen molar-refractivity contribution in [1.29, 1.82) is 0 Å². The van der Waals surface area contributed by atoms with Crippen molar-refractivity contribution in [3.8, 4) is 11.3 Å². The van der Waals surface area contributed by atoms with Crippen LogP contribution in [0.1, 0.15) is 97.2 Å². The minimum atomic E-state index is -0.937. The van der Waals surface area contributed by atoms with Crippen molar-refractivity contribution in [1.82, 2.24) is 40.4 Å². The van der Waals surface area contributed by atoms with Gasteiger partial charge in [-0.05, 0) is 65.3 Å². The number of ether oxygens (including phenoxy) is 3. The molecule has 1 aliphatic carbocycles. The highest BCUT2D eigenvalue weighted by atomic mass is 16.5. The molecule has 8 rings (SSSR count). The predicted octanol–water partition coefficient (Wildman–Crippen LogP) is 7.08. The van der Waals surface area contributed by atoms with E-state index in [2.05, 4.69) is 57.9 Å². The zero-order valence-electron chi connectivity index (χ0n) is 35.1. The quantitative estimate of drug-likeness (QED) is 0.108. The van der Waals surface area contributed by atoms with Crippen LogP contribution in [0.2, 0.25) is 0 Å². The van der Waals surface area contributed by atoms with E-state index >= 15 is 0 Å². The fourth-order valence-corrected chi connectivity index (χ4v) is 8.80. The van der Waals surface area contributed by atoms with Crippen LogP contribution in [-0.4, -0.2) is 94.3 Å². The second-order valence-corrected chi connectivity index (χ2v) is 16.2. The molecule has 2 saturated heterocycles. The van der Waals surface area contributed by atoms with Gasteiger partial charge in [0, 0.05) is 13.1 Å². The smallest absolute Gasteiger partial charge is 0.407 e. The Labute approximate surface area is 360 Å². The van der Waals surface area contributed by atoms with Gasteiger partial charge in [-0.15, -0.1) is 0 Å².